The molecule has 2 N–H and O–H groups in total. The molecule has 1 saturated carbocycles. The Hall–Kier alpha value is -1.11. The van der Waals surface area contributed by atoms with Gasteiger partial charge in [-0.05, 0) is 32.1 Å². The van der Waals surface area contributed by atoms with Crippen LogP contribution in [0.15, 0.2) is 0 Å². The van der Waals surface area contributed by atoms with Gasteiger partial charge in [-0.1, -0.05) is 0 Å². The van der Waals surface area contributed by atoms with Gasteiger partial charge in [-0.2, -0.15) is 0 Å². The van der Waals surface area contributed by atoms with Gasteiger partial charge in [0.25, 0.3) is 0 Å². The lowest BCUT2D eigenvalue weighted by Crippen LogP contribution is -2.37. The quantitative estimate of drug-likeness (QED) is 0.691. The highest BCUT2D eigenvalue weighted by molar-refractivity contribution is 7.92. The van der Waals surface area contributed by atoms with Gasteiger partial charge < -0.3 is 10.4 Å². The number of hydrogen-bond donors (Lipinski definition) is 2. The maximum atomic E-state index is 11.8. The Morgan fingerprint density at radius 2 is 1.89 bits per heavy atom. The van der Waals surface area contributed by atoms with E-state index in [4.69, 9.17) is 5.11 Å². The number of nitrogens with one attached hydrogen (secondary N) is 1. The van der Waals surface area contributed by atoms with Gasteiger partial charge in [-0.25, -0.2) is 8.42 Å². The maximum absolute atomic E-state index is 11.8. The first-order chi connectivity index (χ1) is 8.14. The largest absolute Gasteiger partial charge is 0.481 e. The average Bonchev–Trinajstić information content (AvgIpc) is 2.77. The van der Waals surface area contributed by atoms with Crippen LogP contribution >= 0.6 is 0 Å². The highest BCUT2D eigenvalue weighted by Gasteiger charge is 2.47. The minimum absolute atomic E-state index is 0.110. The molecule has 1 fully saturated rings. The van der Waals surface area contributed by atoms with Crippen molar-refractivity contribution in [3.63, 3.8) is 0 Å². The molecule has 0 aromatic rings. The molecule has 1 aliphatic rings. The summed E-state index contributed by atoms with van der Waals surface area (Å²) < 4.78 is 23.6. The first kappa shape index (κ1) is 14.9. The van der Waals surface area contributed by atoms with Crippen LogP contribution in [0.3, 0.4) is 0 Å². The average molecular weight is 277 g/mol. The van der Waals surface area contributed by atoms with E-state index in [-0.39, 0.29) is 18.2 Å². The first-order valence-corrected chi connectivity index (χ1v) is 7.68. The highest BCUT2D eigenvalue weighted by atomic mass is 32.2. The van der Waals surface area contributed by atoms with E-state index in [1.807, 2.05) is 0 Å². The van der Waals surface area contributed by atoms with E-state index >= 15 is 0 Å². The fourth-order valence-corrected chi connectivity index (χ4v) is 3.86. The number of carboxylic acids is 1. The van der Waals surface area contributed by atoms with Crippen LogP contribution in [-0.4, -0.2) is 42.9 Å². The molecule has 1 amide bonds. The van der Waals surface area contributed by atoms with E-state index in [9.17, 15) is 18.0 Å². The summed E-state index contributed by atoms with van der Waals surface area (Å²) in [5.74, 6) is -2.30. The molecule has 0 spiro atoms. The molecule has 7 heteroatoms. The lowest BCUT2D eigenvalue weighted by atomic mass is 10.1. The van der Waals surface area contributed by atoms with E-state index in [1.54, 1.807) is 13.8 Å². The molecular formula is C11H19NO5S. The second kappa shape index (κ2) is 5.26. The van der Waals surface area contributed by atoms with E-state index in [1.165, 1.54) is 0 Å². The zero-order valence-corrected chi connectivity index (χ0v) is 11.4. The number of carbonyl (C=O) groups is 2. The highest BCUT2D eigenvalue weighted by Crippen LogP contribution is 2.49. The minimum Gasteiger partial charge on any atom is -0.481 e. The topological polar surface area (TPSA) is 101 Å². The summed E-state index contributed by atoms with van der Waals surface area (Å²) in [5.41, 5.74) is -0.636. The molecule has 0 aromatic carbocycles. The molecule has 0 radical (unpaired) electrons. The Morgan fingerprint density at radius 1 is 1.33 bits per heavy atom. The van der Waals surface area contributed by atoms with Gasteiger partial charge in [0.15, 0.2) is 9.84 Å². The van der Waals surface area contributed by atoms with E-state index < -0.39 is 32.9 Å². The summed E-state index contributed by atoms with van der Waals surface area (Å²) >= 11 is 0. The van der Waals surface area contributed by atoms with Crippen molar-refractivity contribution in [2.45, 2.75) is 39.2 Å². The van der Waals surface area contributed by atoms with Gasteiger partial charge in [0.2, 0.25) is 5.91 Å². The molecule has 0 unspecified atom stereocenters. The second-order valence-electron chi connectivity index (χ2n) is 5.32. The van der Waals surface area contributed by atoms with Crippen LogP contribution in [0.25, 0.3) is 0 Å². The summed E-state index contributed by atoms with van der Waals surface area (Å²) in [6, 6.07) is -0.110. The van der Waals surface area contributed by atoms with Crippen molar-refractivity contribution in [1.82, 2.24) is 5.32 Å². The summed E-state index contributed by atoms with van der Waals surface area (Å²) in [7, 11) is -3.54. The van der Waals surface area contributed by atoms with Crippen molar-refractivity contribution in [1.29, 1.82) is 0 Å². The molecule has 0 aliphatic heterocycles. The van der Waals surface area contributed by atoms with E-state index in [0.717, 1.165) is 0 Å². The summed E-state index contributed by atoms with van der Waals surface area (Å²) in [6.45, 7) is 3.49. The molecular weight excluding hydrogens is 258 g/mol. The van der Waals surface area contributed by atoms with Crippen LogP contribution in [0.1, 0.15) is 33.1 Å². The molecule has 6 nitrogen and oxygen atoms in total. The molecule has 0 atom stereocenters. The van der Waals surface area contributed by atoms with Crippen molar-refractivity contribution in [3.8, 4) is 0 Å². The van der Waals surface area contributed by atoms with Crippen molar-refractivity contribution < 1.29 is 23.1 Å². The van der Waals surface area contributed by atoms with Crippen LogP contribution in [-0.2, 0) is 19.4 Å². The summed E-state index contributed by atoms with van der Waals surface area (Å²) in [5, 5.41) is 11.2. The lowest BCUT2D eigenvalue weighted by molar-refractivity contribution is -0.138. The Bertz CT molecular complexity index is 436. The van der Waals surface area contributed by atoms with Crippen LogP contribution < -0.4 is 5.32 Å². The predicted octanol–water partition coefficient (Wildman–Crippen LogP) is 0.181. The van der Waals surface area contributed by atoms with Gasteiger partial charge in [0.05, 0.1) is 12.2 Å². The normalized spacial score (nSPS) is 17.5. The Kier molecular flexibility index (Phi) is 4.37. The predicted molar refractivity (Wildman–Crippen MR) is 65.9 cm³/mol. The third-order valence-corrected chi connectivity index (χ3v) is 4.56. The fourth-order valence-electron chi connectivity index (χ4n) is 1.95. The number of amides is 1. The van der Waals surface area contributed by atoms with Crippen LogP contribution in [0.4, 0.5) is 0 Å². The monoisotopic (exact) mass is 277 g/mol. The molecule has 104 valence electrons. The van der Waals surface area contributed by atoms with Crippen molar-refractivity contribution in [2.24, 2.45) is 5.41 Å². The molecule has 1 rings (SSSR count). The van der Waals surface area contributed by atoms with Crippen LogP contribution in [0.2, 0.25) is 0 Å². The summed E-state index contributed by atoms with van der Waals surface area (Å²) in [6.07, 6.45) is 1.06. The van der Waals surface area contributed by atoms with Crippen molar-refractivity contribution in [3.05, 3.63) is 0 Å². The minimum atomic E-state index is -3.54. The van der Waals surface area contributed by atoms with Gasteiger partial charge >= 0.3 is 5.97 Å². The van der Waals surface area contributed by atoms with E-state index in [0.29, 0.717) is 12.8 Å². The Labute approximate surface area is 107 Å². The van der Waals surface area contributed by atoms with Crippen LogP contribution in [0, 0.1) is 5.41 Å². The standard InChI is InChI=1S/C11H19NO5S/c1-8(2)12-9(13)6-18(16,17)7-11(3-4-11)5-10(14)15/h8H,3-7H2,1-2H3,(H,12,13)(H,14,15). The number of rotatable bonds is 7. The van der Waals surface area contributed by atoms with Gasteiger partial charge in [-0.3, -0.25) is 9.59 Å². The number of aliphatic carboxylic acids is 1. The molecule has 0 saturated heterocycles. The molecule has 1 aliphatic carbocycles. The first-order valence-electron chi connectivity index (χ1n) is 5.86. The SMILES string of the molecule is CC(C)NC(=O)CS(=O)(=O)CC1(CC(=O)O)CC1. The number of carboxylic acid groups (broad SMARTS) is 1. The Balaban J connectivity index is 2.55. The zero-order valence-electron chi connectivity index (χ0n) is 10.6. The summed E-state index contributed by atoms with van der Waals surface area (Å²) in [4.78, 5) is 22.0. The molecule has 18 heavy (non-hydrogen) atoms. The van der Waals surface area contributed by atoms with E-state index in [2.05, 4.69) is 5.32 Å². The van der Waals surface area contributed by atoms with Gasteiger partial charge in [0, 0.05) is 6.04 Å². The number of sulfone groups is 1. The smallest absolute Gasteiger partial charge is 0.303 e. The third-order valence-electron chi connectivity index (χ3n) is 2.81. The molecule has 0 bridgehead atoms. The maximum Gasteiger partial charge on any atom is 0.303 e. The van der Waals surface area contributed by atoms with Crippen molar-refractivity contribution in [2.75, 3.05) is 11.5 Å². The Morgan fingerprint density at radius 3 is 2.28 bits per heavy atom. The number of hydrogen-bond acceptors (Lipinski definition) is 4. The second-order valence-corrected chi connectivity index (χ2v) is 7.39. The molecule has 0 aromatic heterocycles. The fraction of sp³-hybridized carbons (Fsp3) is 0.818. The van der Waals surface area contributed by atoms with Crippen LogP contribution in [0.5, 0.6) is 0 Å². The van der Waals surface area contributed by atoms with Crippen molar-refractivity contribution >= 4 is 21.7 Å². The number of carbonyl (C=O) groups excluding carboxylic acids is 1. The zero-order chi connectivity index (χ0) is 14.0. The lowest BCUT2D eigenvalue weighted by Gasteiger charge is -2.13. The van der Waals surface area contributed by atoms with Gasteiger partial charge in [0.1, 0.15) is 5.75 Å². The molecule has 0 heterocycles. The van der Waals surface area contributed by atoms with Gasteiger partial charge in [-0.15, -0.1) is 0 Å². The third kappa shape index (κ3) is 5.03.